The maximum Gasteiger partial charge on any atom is 0.252 e. The zero-order valence-corrected chi connectivity index (χ0v) is 21.8. The van der Waals surface area contributed by atoms with Gasteiger partial charge in [0.25, 0.3) is 5.91 Å². The van der Waals surface area contributed by atoms with Crippen LogP contribution in [0.1, 0.15) is 47.3 Å². The Morgan fingerprint density at radius 3 is 2.64 bits per heavy atom. The van der Waals surface area contributed by atoms with Gasteiger partial charge in [-0.05, 0) is 75.0 Å². The van der Waals surface area contributed by atoms with Crippen LogP contribution in [-0.2, 0) is 6.54 Å². The number of carbonyl (C=O) groups excluding carboxylic acids is 1. The zero-order chi connectivity index (χ0) is 25.2. The van der Waals surface area contributed by atoms with E-state index in [0.29, 0.717) is 0 Å². The second-order valence-corrected chi connectivity index (χ2v) is 10.3. The van der Waals surface area contributed by atoms with Crippen molar-refractivity contribution in [2.45, 2.75) is 39.3 Å². The van der Waals surface area contributed by atoms with Gasteiger partial charge >= 0.3 is 0 Å². The maximum atomic E-state index is 13.4. The van der Waals surface area contributed by atoms with E-state index in [1.54, 1.807) is 7.11 Å². The third-order valence-corrected chi connectivity index (χ3v) is 7.49. The Kier molecular flexibility index (Phi) is 7.01. The Morgan fingerprint density at radius 1 is 1.14 bits per heavy atom. The molecule has 36 heavy (non-hydrogen) atoms. The predicted molar refractivity (Wildman–Crippen MR) is 144 cm³/mol. The van der Waals surface area contributed by atoms with E-state index in [9.17, 15) is 4.79 Å². The predicted octanol–water partition coefficient (Wildman–Crippen LogP) is 4.52. The summed E-state index contributed by atoms with van der Waals surface area (Å²) < 4.78 is 7.68. The number of nitrogens with zero attached hydrogens (tertiary/aromatic N) is 4. The third-order valence-electron chi connectivity index (χ3n) is 7.49. The molecule has 1 aliphatic heterocycles. The third kappa shape index (κ3) is 5.41. The van der Waals surface area contributed by atoms with Crippen LogP contribution in [0.25, 0.3) is 11.1 Å². The molecule has 0 bridgehead atoms. The fourth-order valence-corrected chi connectivity index (χ4v) is 4.86. The van der Waals surface area contributed by atoms with E-state index in [4.69, 9.17) is 4.74 Å². The van der Waals surface area contributed by atoms with E-state index in [1.807, 2.05) is 42.9 Å². The lowest BCUT2D eigenvalue weighted by Crippen LogP contribution is -2.44. The molecule has 1 saturated heterocycles. The standard InChI is InChI=1S/C29H37N5O2/c1-20-5-9-25(33-13-11-32(3)12-14-33)16-26(20)29(35)31-21(2)23-8-10-28(36-4)27(15-23)24-17-30-34(19-24)18-22-6-7-22/h5,8-10,15-17,19,21-22H,6-7,11-14,18H2,1-4H3,(H,31,35)/t21-/m1/s1. The number of piperazine rings is 1. The Labute approximate surface area is 214 Å². The first-order valence-electron chi connectivity index (χ1n) is 13.0. The number of benzene rings is 2. The molecule has 2 aromatic carbocycles. The van der Waals surface area contributed by atoms with Crippen LogP contribution in [0.3, 0.4) is 0 Å². The van der Waals surface area contributed by atoms with Crippen molar-refractivity contribution in [2.24, 2.45) is 5.92 Å². The fourth-order valence-electron chi connectivity index (χ4n) is 4.86. The van der Waals surface area contributed by atoms with Crippen LogP contribution >= 0.6 is 0 Å². The average Bonchev–Trinajstić information content (AvgIpc) is 3.58. The summed E-state index contributed by atoms with van der Waals surface area (Å²) in [4.78, 5) is 18.0. The van der Waals surface area contributed by atoms with E-state index in [0.717, 1.165) is 77.9 Å². The summed E-state index contributed by atoms with van der Waals surface area (Å²) in [6.07, 6.45) is 6.59. The molecule has 0 radical (unpaired) electrons. The molecular formula is C29H37N5O2. The Balaban J connectivity index is 1.33. The van der Waals surface area contributed by atoms with Gasteiger partial charge < -0.3 is 19.9 Å². The lowest BCUT2D eigenvalue weighted by atomic mass is 10.00. The number of ether oxygens (including phenoxy) is 1. The number of likely N-dealkylation sites (N-methyl/N-ethyl adjacent to an activating group) is 1. The topological polar surface area (TPSA) is 62.6 Å². The summed E-state index contributed by atoms with van der Waals surface area (Å²) in [6.45, 7) is 9.02. The summed E-state index contributed by atoms with van der Waals surface area (Å²) in [7, 11) is 3.84. The molecule has 1 aromatic heterocycles. The number of aryl methyl sites for hydroxylation is 1. The van der Waals surface area contributed by atoms with Crippen LogP contribution in [0.4, 0.5) is 5.69 Å². The molecule has 0 unspecified atom stereocenters. The van der Waals surface area contributed by atoms with Crippen molar-refractivity contribution in [3.05, 3.63) is 65.5 Å². The molecule has 2 fully saturated rings. The number of carbonyl (C=O) groups is 1. The van der Waals surface area contributed by atoms with Gasteiger partial charge in [0.05, 0.1) is 19.3 Å². The van der Waals surface area contributed by atoms with E-state index in [-0.39, 0.29) is 11.9 Å². The molecule has 1 amide bonds. The lowest BCUT2D eigenvalue weighted by molar-refractivity contribution is 0.0939. The van der Waals surface area contributed by atoms with Gasteiger partial charge in [-0.25, -0.2) is 0 Å². The van der Waals surface area contributed by atoms with Gasteiger partial charge in [-0.2, -0.15) is 5.10 Å². The van der Waals surface area contributed by atoms with Crippen LogP contribution in [0, 0.1) is 12.8 Å². The number of hydrogen-bond acceptors (Lipinski definition) is 5. The monoisotopic (exact) mass is 487 g/mol. The Bertz CT molecular complexity index is 1220. The zero-order valence-electron chi connectivity index (χ0n) is 21.8. The van der Waals surface area contributed by atoms with Gasteiger partial charge in [0.1, 0.15) is 5.75 Å². The molecule has 2 aliphatic rings. The number of anilines is 1. The number of rotatable bonds is 8. The number of nitrogens with one attached hydrogen (secondary N) is 1. The molecule has 7 nitrogen and oxygen atoms in total. The molecular weight excluding hydrogens is 450 g/mol. The van der Waals surface area contributed by atoms with Gasteiger partial charge in [0.15, 0.2) is 0 Å². The van der Waals surface area contributed by atoms with Gasteiger partial charge in [-0.3, -0.25) is 9.48 Å². The second kappa shape index (κ2) is 10.3. The number of methoxy groups -OCH3 is 1. The van der Waals surface area contributed by atoms with Crippen molar-refractivity contribution in [1.82, 2.24) is 20.0 Å². The van der Waals surface area contributed by atoms with Gasteiger partial charge in [-0.1, -0.05) is 12.1 Å². The summed E-state index contributed by atoms with van der Waals surface area (Å²) in [5, 5.41) is 7.77. The van der Waals surface area contributed by atoms with Crippen molar-refractivity contribution in [3.63, 3.8) is 0 Å². The van der Waals surface area contributed by atoms with Crippen molar-refractivity contribution in [3.8, 4) is 16.9 Å². The molecule has 190 valence electrons. The smallest absolute Gasteiger partial charge is 0.252 e. The van der Waals surface area contributed by atoms with Crippen LogP contribution in [0.15, 0.2) is 48.8 Å². The first-order valence-corrected chi connectivity index (χ1v) is 13.0. The van der Waals surface area contributed by atoms with E-state index < -0.39 is 0 Å². The highest BCUT2D eigenvalue weighted by atomic mass is 16.5. The Hall–Kier alpha value is -3.32. The van der Waals surface area contributed by atoms with Gasteiger partial charge in [-0.15, -0.1) is 0 Å². The minimum atomic E-state index is -0.157. The van der Waals surface area contributed by atoms with Crippen LogP contribution < -0.4 is 15.0 Å². The minimum Gasteiger partial charge on any atom is -0.496 e. The van der Waals surface area contributed by atoms with Crippen LogP contribution in [-0.4, -0.2) is 60.9 Å². The van der Waals surface area contributed by atoms with Crippen LogP contribution in [0.2, 0.25) is 0 Å². The summed E-state index contributed by atoms with van der Waals surface area (Å²) in [5.74, 6) is 1.52. The molecule has 1 atom stereocenters. The fraction of sp³-hybridized carbons (Fsp3) is 0.448. The highest BCUT2D eigenvalue weighted by Crippen LogP contribution is 2.34. The number of amides is 1. The van der Waals surface area contributed by atoms with Crippen LogP contribution in [0.5, 0.6) is 5.75 Å². The van der Waals surface area contributed by atoms with E-state index >= 15 is 0 Å². The maximum absolute atomic E-state index is 13.4. The van der Waals surface area contributed by atoms with E-state index in [1.165, 1.54) is 12.8 Å². The molecule has 1 saturated carbocycles. The first kappa shape index (κ1) is 24.4. The summed E-state index contributed by atoms with van der Waals surface area (Å²) >= 11 is 0. The van der Waals surface area contributed by atoms with Crippen molar-refractivity contribution in [2.75, 3.05) is 45.2 Å². The van der Waals surface area contributed by atoms with Crippen molar-refractivity contribution < 1.29 is 9.53 Å². The average molecular weight is 488 g/mol. The first-order chi connectivity index (χ1) is 17.4. The summed E-state index contributed by atoms with van der Waals surface area (Å²) in [5.41, 5.74) is 5.88. The lowest BCUT2D eigenvalue weighted by Gasteiger charge is -2.34. The largest absolute Gasteiger partial charge is 0.496 e. The number of hydrogen-bond donors (Lipinski definition) is 1. The molecule has 1 N–H and O–H groups in total. The van der Waals surface area contributed by atoms with Gasteiger partial charge in [0, 0.05) is 61.3 Å². The highest BCUT2D eigenvalue weighted by Gasteiger charge is 2.23. The second-order valence-electron chi connectivity index (χ2n) is 10.3. The molecule has 5 rings (SSSR count). The minimum absolute atomic E-state index is 0.0504. The SMILES string of the molecule is COc1ccc([C@@H](C)NC(=O)c2cc(N3CCN(C)CC3)ccc2C)cc1-c1cnn(CC2CC2)c1. The Morgan fingerprint density at radius 2 is 1.92 bits per heavy atom. The molecule has 3 aromatic rings. The molecule has 7 heteroatoms. The van der Waals surface area contributed by atoms with E-state index in [2.05, 4.69) is 51.7 Å². The highest BCUT2D eigenvalue weighted by molar-refractivity contribution is 5.97. The quantitative estimate of drug-likeness (QED) is 0.506. The summed E-state index contributed by atoms with van der Waals surface area (Å²) in [6, 6.07) is 12.2. The number of aromatic nitrogens is 2. The van der Waals surface area contributed by atoms with Crippen molar-refractivity contribution >= 4 is 11.6 Å². The molecule has 2 heterocycles. The molecule has 0 spiro atoms. The van der Waals surface area contributed by atoms with Gasteiger partial charge in [0.2, 0.25) is 0 Å². The molecule has 1 aliphatic carbocycles. The normalized spacial score (nSPS) is 17.2. The van der Waals surface area contributed by atoms with Crippen molar-refractivity contribution in [1.29, 1.82) is 0 Å².